The molecule has 9 heteroatoms. The van der Waals surface area contributed by atoms with Gasteiger partial charge >= 0.3 is 12.4 Å². The van der Waals surface area contributed by atoms with Gasteiger partial charge in [-0.1, -0.05) is 0 Å². The molecule has 0 aromatic carbocycles. The molecule has 0 aliphatic rings. The summed E-state index contributed by atoms with van der Waals surface area (Å²) >= 11 is 0. The number of hydrogen-bond donors (Lipinski definition) is 1. The summed E-state index contributed by atoms with van der Waals surface area (Å²) < 4.78 is 77.8. The van der Waals surface area contributed by atoms with E-state index in [0.29, 0.717) is 0 Å². The number of aromatic nitrogens is 1. The molecule has 1 rings (SSSR count). The first-order valence-electron chi connectivity index (χ1n) is 5.52. The highest BCUT2D eigenvalue weighted by atomic mass is 19.4. The topological polar surface area (TPSA) is 48.1 Å². The van der Waals surface area contributed by atoms with Gasteiger partial charge in [-0.05, 0) is 18.1 Å². The van der Waals surface area contributed by atoms with Crippen molar-refractivity contribution in [3.8, 4) is 0 Å². The Morgan fingerprint density at radius 2 is 1.85 bits per heavy atom. The Labute approximate surface area is 110 Å². The lowest BCUT2D eigenvalue weighted by Gasteiger charge is -2.17. The third-order valence-electron chi connectivity index (χ3n) is 2.40. The molecule has 1 atom stereocenters. The number of nitrogens with two attached hydrogens (primary N) is 1. The Bertz CT molecular complexity index is 432. The molecule has 20 heavy (non-hydrogen) atoms. The largest absolute Gasteiger partial charge is 0.416 e. The Hall–Kier alpha value is -1.35. The van der Waals surface area contributed by atoms with Crippen LogP contribution in [0.1, 0.15) is 23.6 Å². The van der Waals surface area contributed by atoms with Gasteiger partial charge in [-0.2, -0.15) is 26.3 Å². The number of alkyl halides is 6. The molecule has 1 aromatic heterocycles. The molecule has 0 saturated carbocycles. The predicted molar refractivity (Wildman–Crippen MR) is 57.7 cm³/mol. The minimum Gasteiger partial charge on any atom is -0.372 e. The summed E-state index contributed by atoms with van der Waals surface area (Å²) in [5, 5.41) is 0. The van der Waals surface area contributed by atoms with Gasteiger partial charge in [0.2, 0.25) is 0 Å². The van der Waals surface area contributed by atoms with Gasteiger partial charge in [-0.3, -0.25) is 4.98 Å². The molecule has 0 spiro atoms. The maximum Gasteiger partial charge on any atom is 0.416 e. The van der Waals surface area contributed by atoms with E-state index >= 15 is 0 Å². The van der Waals surface area contributed by atoms with Crippen molar-refractivity contribution in [2.75, 3.05) is 13.2 Å². The summed E-state index contributed by atoms with van der Waals surface area (Å²) in [6.45, 7) is -1.86. The summed E-state index contributed by atoms with van der Waals surface area (Å²) in [6, 6.07) is -0.334. The van der Waals surface area contributed by atoms with E-state index in [4.69, 9.17) is 5.73 Å². The first kappa shape index (κ1) is 16.7. The van der Waals surface area contributed by atoms with E-state index in [9.17, 15) is 26.3 Å². The summed E-state index contributed by atoms with van der Waals surface area (Å²) in [4.78, 5) is 3.55. The molecule has 0 saturated heterocycles. The fraction of sp³-hybridized carbons (Fsp3) is 0.545. The molecule has 0 aliphatic heterocycles. The van der Waals surface area contributed by atoms with Crippen LogP contribution < -0.4 is 5.73 Å². The van der Waals surface area contributed by atoms with Crippen molar-refractivity contribution in [2.24, 2.45) is 5.73 Å². The second-order valence-corrected chi connectivity index (χ2v) is 4.02. The molecule has 1 heterocycles. The summed E-state index contributed by atoms with van der Waals surface area (Å²) in [7, 11) is 0. The highest BCUT2D eigenvalue weighted by Gasteiger charge is 2.34. The highest BCUT2D eigenvalue weighted by Crippen LogP contribution is 2.34. The third-order valence-corrected chi connectivity index (χ3v) is 2.40. The molecule has 2 N–H and O–H groups in total. The summed E-state index contributed by atoms with van der Waals surface area (Å²) in [6.07, 6.45) is -7.32. The SMILES string of the molecule is NC(CCOCC(F)(F)F)c1cnccc1C(F)(F)F. The van der Waals surface area contributed by atoms with Crippen LogP contribution in [0.3, 0.4) is 0 Å². The second-order valence-electron chi connectivity index (χ2n) is 4.02. The van der Waals surface area contributed by atoms with Gasteiger partial charge in [-0.25, -0.2) is 0 Å². The number of ether oxygens (including phenoxy) is 1. The average molecular weight is 302 g/mol. The van der Waals surface area contributed by atoms with Crippen molar-refractivity contribution in [3.05, 3.63) is 29.6 Å². The fourth-order valence-corrected chi connectivity index (χ4v) is 1.51. The van der Waals surface area contributed by atoms with Gasteiger partial charge in [0.15, 0.2) is 0 Å². The molecule has 1 aromatic rings. The zero-order valence-corrected chi connectivity index (χ0v) is 10.1. The number of hydrogen-bond acceptors (Lipinski definition) is 3. The van der Waals surface area contributed by atoms with E-state index in [-0.39, 0.29) is 12.0 Å². The number of halogens is 6. The molecule has 114 valence electrons. The number of nitrogens with zero attached hydrogens (tertiary/aromatic N) is 1. The lowest BCUT2D eigenvalue weighted by Crippen LogP contribution is -2.21. The predicted octanol–water partition coefficient (Wildman–Crippen LogP) is 3.07. The zero-order valence-electron chi connectivity index (χ0n) is 10.1. The van der Waals surface area contributed by atoms with E-state index in [1.54, 1.807) is 0 Å². The van der Waals surface area contributed by atoms with Crippen molar-refractivity contribution < 1.29 is 31.1 Å². The summed E-state index contributed by atoms with van der Waals surface area (Å²) in [5.74, 6) is 0. The normalized spacial score (nSPS) is 14.3. The highest BCUT2D eigenvalue weighted by molar-refractivity contribution is 5.28. The smallest absolute Gasteiger partial charge is 0.372 e. The van der Waals surface area contributed by atoms with Crippen LogP contribution in [0.2, 0.25) is 0 Å². The average Bonchev–Trinajstić information content (AvgIpc) is 2.32. The Morgan fingerprint density at radius 3 is 2.40 bits per heavy atom. The van der Waals surface area contributed by atoms with Gasteiger partial charge in [0.05, 0.1) is 5.56 Å². The molecule has 3 nitrogen and oxygen atoms in total. The third kappa shape index (κ3) is 5.33. The Morgan fingerprint density at radius 1 is 1.20 bits per heavy atom. The number of rotatable bonds is 5. The van der Waals surface area contributed by atoms with Crippen LogP contribution in [-0.4, -0.2) is 24.4 Å². The lowest BCUT2D eigenvalue weighted by atomic mass is 10.0. The minimum absolute atomic E-state index is 0.176. The van der Waals surface area contributed by atoms with E-state index in [1.807, 2.05) is 0 Å². The van der Waals surface area contributed by atoms with Crippen molar-refractivity contribution >= 4 is 0 Å². The number of pyridine rings is 1. The van der Waals surface area contributed by atoms with Gasteiger partial charge in [-0.15, -0.1) is 0 Å². The molecular formula is C11H12F6N2O. The quantitative estimate of drug-likeness (QED) is 0.671. The molecule has 0 radical (unpaired) electrons. The first-order chi connectivity index (χ1) is 9.11. The van der Waals surface area contributed by atoms with E-state index in [1.165, 1.54) is 0 Å². The van der Waals surface area contributed by atoms with Crippen LogP contribution in [0.25, 0.3) is 0 Å². The van der Waals surface area contributed by atoms with Crippen molar-refractivity contribution in [1.82, 2.24) is 4.98 Å². The maximum atomic E-state index is 12.7. The molecule has 0 aliphatic carbocycles. The van der Waals surface area contributed by atoms with Gasteiger partial charge in [0.25, 0.3) is 0 Å². The van der Waals surface area contributed by atoms with Crippen molar-refractivity contribution in [1.29, 1.82) is 0 Å². The minimum atomic E-state index is -4.59. The lowest BCUT2D eigenvalue weighted by molar-refractivity contribution is -0.174. The standard InChI is InChI=1S/C11H12F6N2O/c12-10(13,14)6-20-4-2-9(18)7-5-19-3-1-8(7)11(15,16)17/h1,3,5,9H,2,4,6,18H2. The van der Waals surface area contributed by atoms with Crippen molar-refractivity contribution in [2.45, 2.75) is 24.8 Å². The Balaban J connectivity index is 2.62. The van der Waals surface area contributed by atoms with Crippen LogP contribution in [-0.2, 0) is 10.9 Å². The van der Waals surface area contributed by atoms with E-state index in [0.717, 1.165) is 18.5 Å². The second kappa shape index (κ2) is 6.40. The molecule has 0 amide bonds. The molecule has 0 bridgehead atoms. The van der Waals surface area contributed by atoms with Crippen LogP contribution in [0.4, 0.5) is 26.3 Å². The maximum absolute atomic E-state index is 12.7. The van der Waals surface area contributed by atoms with Crippen LogP contribution in [0, 0.1) is 0 Å². The molecular weight excluding hydrogens is 290 g/mol. The van der Waals surface area contributed by atoms with Crippen molar-refractivity contribution in [3.63, 3.8) is 0 Å². The summed E-state index contributed by atoms with van der Waals surface area (Å²) in [5.41, 5.74) is 4.32. The van der Waals surface area contributed by atoms with Crippen LogP contribution in [0.15, 0.2) is 18.5 Å². The Kier molecular flexibility index (Phi) is 5.35. The van der Waals surface area contributed by atoms with Crippen LogP contribution >= 0.6 is 0 Å². The molecule has 1 unspecified atom stereocenters. The van der Waals surface area contributed by atoms with E-state index < -0.39 is 37.2 Å². The monoisotopic (exact) mass is 302 g/mol. The first-order valence-corrected chi connectivity index (χ1v) is 5.52. The molecule has 0 fully saturated rings. The van der Waals surface area contributed by atoms with Gasteiger partial charge in [0.1, 0.15) is 6.61 Å². The van der Waals surface area contributed by atoms with Gasteiger partial charge in [0, 0.05) is 25.0 Å². The zero-order chi connectivity index (χ0) is 15.4. The van der Waals surface area contributed by atoms with Crippen LogP contribution in [0.5, 0.6) is 0 Å². The fourth-order valence-electron chi connectivity index (χ4n) is 1.51. The van der Waals surface area contributed by atoms with Gasteiger partial charge < -0.3 is 10.5 Å². The van der Waals surface area contributed by atoms with E-state index in [2.05, 4.69) is 9.72 Å².